The summed E-state index contributed by atoms with van der Waals surface area (Å²) < 4.78 is 10.1. The Bertz CT molecular complexity index is 880. The minimum Gasteiger partial charge on any atom is -0.465 e. The van der Waals surface area contributed by atoms with E-state index in [1.165, 1.54) is 19.3 Å². The summed E-state index contributed by atoms with van der Waals surface area (Å²) in [6.07, 6.45) is 1.29. The van der Waals surface area contributed by atoms with Crippen LogP contribution in [0.25, 0.3) is 6.08 Å². The molecule has 1 amide bonds. The molecule has 0 aliphatic rings. The lowest BCUT2D eigenvalue weighted by Gasteiger charge is -2.10. The Morgan fingerprint density at radius 3 is 2.44 bits per heavy atom. The molecule has 1 N–H and O–H groups in total. The van der Waals surface area contributed by atoms with Gasteiger partial charge in [0.05, 0.1) is 7.11 Å². The van der Waals surface area contributed by atoms with Gasteiger partial charge in [-0.25, -0.2) is 4.79 Å². The molecule has 0 aliphatic carbocycles. The number of para-hydroxylation sites is 1. The number of anilines is 1. The molecule has 0 bridgehead atoms. The van der Waals surface area contributed by atoms with Crippen molar-refractivity contribution in [3.8, 4) is 6.07 Å². The van der Waals surface area contributed by atoms with Crippen LogP contribution in [0.1, 0.15) is 33.0 Å². The van der Waals surface area contributed by atoms with Crippen molar-refractivity contribution in [3.63, 3.8) is 0 Å². The fourth-order valence-corrected chi connectivity index (χ4v) is 2.37. The van der Waals surface area contributed by atoms with Gasteiger partial charge in [-0.05, 0) is 38.0 Å². The highest BCUT2D eigenvalue weighted by molar-refractivity contribution is 6.10. The van der Waals surface area contributed by atoms with Gasteiger partial charge in [0.15, 0.2) is 0 Å². The first-order valence-electron chi connectivity index (χ1n) is 7.55. The summed E-state index contributed by atoms with van der Waals surface area (Å²) >= 11 is 0. The lowest BCUT2D eigenvalue weighted by molar-refractivity contribution is -0.112. The summed E-state index contributed by atoms with van der Waals surface area (Å²) in [5, 5.41) is 12.0. The number of ether oxygens (including phenoxy) is 1. The lowest BCUT2D eigenvalue weighted by Crippen LogP contribution is -2.15. The number of benzene rings is 1. The number of carbonyl (C=O) groups excluding carboxylic acids is 2. The van der Waals surface area contributed by atoms with E-state index in [-0.39, 0.29) is 16.9 Å². The van der Waals surface area contributed by atoms with Gasteiger partial charge in [-0.2, -0.15) is 5.26 Å². The summed E-state index contributed by atoms with van der Waals surface area (Å²) in [4.78, 5) is 24.0. The van der Waals surface area contributed by atoms with E-state index in [0.29, 0.717) is 11.4 Å². The molecule has 128 valence electrons. The maximum atomic E-state index is 12.4. The highest BCUT2D eigenvalue weighted by Gasteiger charge is 2.17. The zero-order valence-corrected chi connectivity index (χ0v) is 14.5. The highest BCUT2D eigenvalue weighted by Crippen LogP contribution is 2.22. The van der Waals surface area contributed by atoms with Crippen LogP contribution in [0.4, 0.5) is 5.69 Å². The number of rotatable bonds is 4. The van der Waals surface area contributed by atoms with E-state index in [2.05, 4.69) is 10.1 Å². The van der Waals surface area contributed by atoms with Gasteiger partial charge in [0, 0.05) is 11.8 Å². The number of nitrogens with zero attached hydrogens (tertiary/aromatic N) is 1. The molecule has 2 rings (SSSR count). The Balaban J connectivity index is 2.30. The molecule has 0 aliphatic heterocycles. The molecule has 1 aromatic heterocycles. The van der Waals surface area contributed by atoms with Crippen molar-refractivity contribution in [1.82, 2.24) is 0 Å². The topological polar surface area (TPSA) is 92.3 Å². The van der Waals surface area contributed by atoms with E-state index in [1.807, 2.05) is 38.1 Å². The number of furan rings is 1. The van der Waals surface area contributed by atoms with E-state index in [1.54, 1.807) is 6.92 Å². The average molecular weight is 338 g/mol. The van der Waals surface area contributed by atoms with E-state index in [9.17, 15) is 14.9 Å². The number of aryl methyl sites for hydroxylation is 3. The van der Waals surface area contributed by atoms with Gasteiger partial charge in [-0.3, -0.25) is 4.79 Å². The Morgan fingerprint density at radius 2 is 1.88 bits per heavy atom. The third kappa shape index (κ3) is 3.96. The monoisotopic (exact) mass is 338 g/mol. The molecule has 0 atom stereocenters. The van der Waals surface area contributed by atoms with Crippen molar-refractivity contribution < 1.29 is 18.7 Å². The van der Waals surface area contributed by atoms with Crippen LogP contribution >= 0.6 is 0 Å². The van der Waals surface area contributed by atoms with Crippen LogP contribution in [-0.2, 0) is 9.53 Å². The zero-order valence-electron chi connectivity index (χ0n) is 14.5. The smallest absolute Gasteiger partial charge is 0.341 e. The first-order chi connectivity index (χ1) is 11.9. The second kappa shape index (κ2) is 7.49. The third-order valence-corrected chi connectivity index (χ3v) is 3.71. The largest absolute Gasteiger partial charge is 0.465 e. The van der Waals surface area contributed by atoms with E-state index in [4.69, 9.17) is 4.42 Å². The summed E-state index contributed by atoms with van der Waals surface area (Å²) in [7, 11) is 1.27. The van der Waals surface area contributed by atoms with Crippen molar-refractivity contribution in [3.05, 3.63) is 58.0 Å². The normalized spacial score (nSPS) is 10.9. The number of nitrogens with one attached hydrogen (secondary N) is 1. The highest BCUT2D eigenvalue weighted by atomic mass is 16.5. The van der Waals surface area contributed by atoms with Gasteiger partial charge in [0.1, 0.15) is 28.7 Å². The zero-order chi connectivity index (χ0) is 18.6. The Labute approximate surface area is 145 Å². The molecular formula is C19H18N2O4. The summed E-state index contributed by atoms with van der Waals surface area (Å²) in [5.74, 6) is -0.510. The van der Waals surface area contributed by atoms with Crippen molar-refractivity contribution in [2.75, 3.05) is 12.4 Å². The van der Waals surface area contributed by atoms with Gasteiger partial charge in [0.2, 0.25) is 0 Å². The van der Waals surface area contributed by atoms with Crippen molar-refractivity contribution in [2.45, 2.75) is 20.8 Å². The van der Waals surface area contributed by atoms with E-state index in [0.717, 1.165) is 11.1 Å². The molecule has 25 heavy (non-hydrogen) atoms. The molecule has 1 heterocycles. The van der Waals surface area contributed by atoms with Gasteiger partial charge in [-0.1, -0.05) is 18.2 Å². The van der Waals surface area contributed by atoms with Crippen LogP contribution < -0.4 is 5.32 Å². The molecular weight excluding hydrogens is 320 g/mol. The second-order valence-corrected chi connectivity index (χ2v) is 5.50. The fraction of sp³-hybridized carbons (Fsp3) is 0.211. The number of amides is 1. The van der Waals surface area contributed by atoms with Gasteiger partial charge >= 0.3 is 5.97 Å². The number of carbonyl (C=O) groups is 2. The standard InChI is InChI=1S/C19H18N2O4/c1-11-6-5-7-12(2)17(11)21-18(22)14(10-20)8-15-9-16(13(3)25-15)19(23)24-4/h5-9H,1-4H3,(H,21,22)/b14-8+. The quantitative estimate of drug-likeness (QED) is 0.523. The van der Waals surface area contributed by atoms with Crippen molar-refractivity contribution >= 4 is 23.6 Å². The van der Waals surface area contributed by atoms with Crippen LogP contribution in [-0.4, -0.2) is 19.0 Å². The Kier molecular flexibility index (Phi) is 5.40. The predicted octanol–water partition coefficient (Wildman–Crippen LogP) is 3.54. The number of hydrogen-bond acceptors (Lipinski definition) is 5. The van der Waals surface area contributed by atoms with E-state index < -0.39 is 11.9 Å². The minimum atomic E-state index is -0.548. The number of nitriles is 1. The molecule has 6 nitrogen and oxygen atoms in total. The minimum absolute atomic E-state index is 0.132. The number of esters is 1. The van der Waals surface area contributed by atoms with Crippen molar-refractivity contribution in [2.24, 2.45) is 0 Å². The first kappa shape index (κ1) is 18.0. The molecule has 0 saturated carbocycles. The molecule has 0 radical (unpaired) electrons. The van der Waals surface area contributed by atoms with Gasteiger partial charge in [0.25, 0.3) is 5.91 Å². The van der Waals surface area contributed by atoms with Crippen LogP contribution in [0.5, 0.6) is 0 Å². The predicted molar refractivity (Wildman–Crippen MR) is 92.9 cm³/mol. The Hall–Kier alpha value is -3.33. The van der Waals surface area contributed by atoms with Crippen LogP contribution in [0.2, 0.25) is 0 Å². The van der Waals surface area contributed by atoms with Crippen LogP contribution in [0.3, 0.4) is 0 Å². The number of hydrogen-bond donors (Lipinski definition) is 1. The van der Waals surface area contributed by atoms with Crippen LogP contribution in [0.15, 0.2) is 34.3 Å². The first-order valence-corrected chi connectivity index (χ1v) is 7.55. The van der Waals surface area contributed by atoms with Gasteiger partial charge in [-0.15, -0.1) is 0 Å². The molecule has 0 fully saturated rings. The maximum Gasteiger partial charge on any atom is 0.341 e. The molecule has 2 aromatic rings. The summed E-state index contributed by atoms with van der Waals surface area (Å²) in [5.41, 5.74) is 2.58. The van der Waals surface area contributed by atoms with Crippen LogP contribution in [0, 0.1) is 32.1 Å². The second-order valence-electron chi connectivity index (χ2n) is 5.50. The van der Waals surface area contributed by atoms with Crippen molar-refractivity contribution in [1.29, 1.82) is 5.26 Å². The lowest BCUT2D eigenvalue weighted by atomic mass is 10.1. The fourth-order valence-electron chi connectivity index (χ4n) is 2.37. The summed E-state index contributed by atoms with van der Waals surface area (Å²) in [6.45, 7) is 5.35. The molecule has 0 saturated heterocycles. The molecule has 0 unspecified atom stereocenters. The van der Waals surface area contributed by atoms with E-state index >= 15 is 0 Å². The SMILES string of the molecule is COC(=O)c1cc(/C=C(\C#N)C(=O)Nc2c(C)cccc2C)oc1C. The Morgan fingerprint density at radius 1 is 1.24 bits per heavy atom. The molecule has 1 aromatic carbocycles. The summed E-state index contributed by atoms with van der Waals surface area (Å²) in [6, 6.07) is 8.92. The number of methoxy groups -OCH3 is 1. The molecule has 0 spiro atoms. The third-order valence-electron chi connectivity index (χ3n) is 3.71. The molecule has 6 heteroatoms. The maximum absolute atomic E-state index is 12.4. The average Bonchev–Trinajstić information content (AvgIpc) is 2.95. The van der Waals surface area contributed by atoms with Gasteiger partial charge < -0.3 is 14.5 Å².